The highest BCUT2D eigenvalue weighted by Gasteiger charge is 2.41. The minimum Gasteiger partial charge on any atom is -0.330 e. The maximum Gasteiger partial charge on any atom is 0.423 e. The van der Waals surface area contributed by atoms with E-state index in [9.17, 15) is 17.6 Å². The Kier molecular flexibility index (Phi) is 4.29. The van der Waals surface area contributed by atoms with E-state index in [0.717, 1.165) is 12.0 Å². The van der Waals surface area contributed by atoms with Crippen LogP contribution in [0.1, 0.15) is 23.7 Å². The van der Waals surface area contributed by atoms with Crippen LogP contribution in [-0.4, -0.2) is 12.7 Å². The van der Waals surface area contributed by atoms with Gasteiger partial charge in [-0.25, -0.2) is 4.39 Å². The lowest BCUT2D eigenvalue weighted by molar-refractivity contribution is -0.182. The molecule has 0 radical (unpaired) electrons. The van der Waals surface area contributed by atoms with Crippen molar-refractivity contribution in [1.82, 2.24) is 0 Å². The Labute approximate surface area is 91.3 Å². The molecule has 0 saturated heterocycles. The maximum atomic E-state index is 12.9. The van der Waals surface area contributed by atoms with Gasteiger partial charge in [0.25, 0.3) is 0 Å². The third-order valence-electron chi connectivity index (χ3n) is 2.23. The first-order valence-corrected chi connectivity index (χ1v) is 4.95. The molecule has 1 rings (SSSR count). The van der Waals surface area contributed by atoms with E-state index >= 15 is 0 Å². The number of hydrogen-bond acceptors (Lipinski definition) is 1. The molecule has 0 aromatic heterocycles. The molecule has 0 saturated carbocycles. The predicted molar refractivity (Wildman–Crippen MR) is 53.7 cm³/mol. The fraction of sp³-hybridized carbons (Fsp3) is 0.455. The van der Waals surface area contributed by atoms with Crippen LogP contribution in [0.2, 0.25) is 0 Å². The average Bonchev–Trinajstić information content (AvgIpc) is 2.25. The van der Waals surface area contributed by atoms with Gasteiger partial charge in [0.15, 0.2) is 0 Å². The Bertz CT molecular complexity index is 318. The smallest absolute Gasteiger partial charge is 0.330 e. The number of alkyl halides is 4. The highest BCUT2D eigenvalue weighted by Crippen LogP contribution is 2.35. The van der Waals surface area contributed by atoms with Gasteiger partial charge < -0.3 is 5.73 Å². The first-order chi connectivity index (χ1) is 7.45. The van der Waals surface area contributed by atoms with Crippen molar-refractivity contribution in [2.45, 2.75) is 25.2 Å². The molecule has 0 spiro atoms. The van der Waals surface area contributed by atoms with Crippen LogP contribution in [0.15, 0.2) is 24.3 Å². The minimum absolute atomic E-state index is 0.357. The summed E-state index contributed by atoms with van der Waals surface area (Å²) in [6, 6.07) is 5.35. The molecule has 0 heterocycles. The molecule has 16 heavy (non-hydrogen) atoms. The fourth-order valence-electron chi connectivity index (χ4n) is 1.35. The van der Waals surface area contributed by atoms with Crippen molar-refractivity contribution in [2.24, 2.45) is 5.73 Å². The molecule has 0 aliphatic rings. The van der Waals surface area contributed by atoms with Crippen molar-refractivity contribution in [3.8, 4) is 0 Å². The molecule has 90 valence electrons. The molecule has 1 aromatic rings. The van der Waals surface area contributed by atoms with Crippen molar-refractivity contribution < 1.29 is 17.6 Å². The van der Waals surface area contributed by atoms with Crippen LogP contribution in [-0.2, 0) is 6.42 Å². The summed E-state index contributed by atoms with van der Waals surface area (Å²) in [7, 11) is 0. The largest absolute Gasteiger partial charge is 0.423 e. The van der Waals surface area contributed by atoms with Crippen LogP contribution in [0.4, 0.5) is 17.6 Å². The van der Waals surface area contributed by atoms with Crippen molar-refractivity contribution in [3.63, 3.8) is 0 Å². The topological polar surface area (TPSA) is 26.0 Å². The molecule has 0 bridgehead atoms. The van der Waals surface area contributed by atoms with E-state index in [1.54, 1.807) is 0 Å². The Hall–Kier alpha value is -1.10. The van der Waals surface area contributed by atoms with E-state index in [0.29, 0.717) is 13.0 Å². The summed E-state index contributed by atoms with van der Waals surface area (Å²) in [6.07, 6.45) is -6.29. The number of nitrogens with two attached hydrogens (primary N) is 1. The van der Waals surface area contributed by atoms with Gasteiger partial charge in [0.05, 0.1) is 0 Å². The van der Waals surface area contributed by atoms with Gasteiger partial charge in [-0.2, -0.15) is 13.2 Å². The van der Waals surface area contributed by atoms with Gasteiger partial charge in [0.2, 0.25) is 6.17 Å². The number of rotatable bonds is 4. The Morgan fingerprint density at radius 3 is 2.12 bits per heavy atom. The zero-order chi connectivity index (χ0) is 12.2. The van der Waals surface area contributed by atoms with E-state index < -0.39 is 12.3 Å². The third-order valence-corrected chi connectivity index (χ3v) is 2.23. The second-order valence-electron chi connectivity index (χ2n) is 3.54. The van der Waals surface area contributed by atoms with Gasteiger partial charge in [-0.15, -0.1) is 0 Å². The molecule has 1 atom stereocenters. The average molecular weight is 235 g/mol. The van der Waals surface area contributed by atoms with Crippen molar-refractivity contribution >= 4 is 0 Å². The van der Waals surface area contributed by atoms with E-state index in [1.807, 2.05) is 0 Å². The number of hydrogen-bond donors (Lipinski definition) is 1. The Morgan fingerprint density at radius 1 is 1.12 bits per heavy atom. The highest BCUT2D eigenvalue weighted by molar-refractivity contribution is 5.25. The molecule has 0 amide bonds. The first kappa shape index (κ1) is 13.0. The predicted octanol–water partition coefficient (Wildman–Crippen LogP) is 3.15. The van der Waals surface area contributed by atoms with E-state index in [1.165, 1.54) is 24.3 Å². The van der Waals surface area contributed by atoms with Gasteiger partial charge in [0.1, 0.15) is 0 Å². The number of benzene rings is 1. The summed E-state index contributed by atoms with van der Waals surface area (Å²) in [4.78, 5) is 0. The zero-order valence-electron chi connectivity index (χ0n) is 8.60. The van der Waals surface area contributed by atoms with E-state index in [-0.39, 0.29) is 5.56 Å². The summed E-state index contributed by atoms with van der Waals surface area (Å²) in [5, 5.41) is 0. The summed E-state index contributed by atoms with van der Waals surface area (Å²) in [5.74, 6) is 0. The number of halogens is 4. The highest BCUT2D eigenvalue weighted by atomic mass is 19.4. The summed E-state index contributed by atoms with van der Waals surface area (Å²) in [5.41, 5.74) is 5.81. The normalized spacial score (nSPS) is 13.8. The molecule has 0 fully saturated rings. The van der Waals surface area contributed by atoms with Crippen molar-refractivity contribution in [2.75, 3.05) is 6.54 Å². The van der Waals surface area contributed by atoms with Crippen LogP contribution in [0.25, 0.3) is 0 Å². The Balaban J connectivity index is 2.71. The van der Waals surface area contributed by atoms with Gasteiger partial charge in [-0.1, -0.05) is 24.3 Å². The zero-order valence-corrected chi connectivity index (χ0v) is 8.60. The van der Waals surface area contributed by atoms with Crippen LogP contribution in [0.5, 0.6) is 0 Å². The standard InChI is InChI=1S/C11H13F4N/c12-10(11(13,14)15)9-5-3-8(4-6-9)2-1-7-16/h3-6,10H,1-2,7,16H2. The molecular formula is C11H13F4N. The minimum atomic E-state index is -4.83. The van der Waals surface area contributed by atoms with Crippen LogP contribution in [0.3, 0.4) is 0 Å². The third kappa shape index (κ3) is 3.48. The molecule has 0 aliphatic carbocycles. The van der Waals surface area contributed by atoms with Crippen molar-refractivity contribution in [1.29, 1.82) is 0 Å². The van der Waals surface area contributed by atoms with Gasteiger partial charge >= 0.3 is 6.18 Å². The first-order valence-electron chi connectivity index (χ1n) is 4.95. The lowest BCUT2D eigenvalue weighted by Gasteiger charge is -2.12. The molecule has 1 unspecified atom stereocenters. The SMILES string of the molecule is NCCCc1ccc(C(F)C(F)(F)F)cc1. The molecule has 1 aromatic carbocycles. The van der Waals surface area contributed by atoms with Crippen LogP contribution in [0, 0.1) is 0 Å². The molecule has 1 nitrogen and oxygen atoms in total. The molecular weight excluding hydrogens is 222 g/mol. The van der Waals surface area contributed by atoms with Crippen LogP contribution < -0.4 is 5.73 Å². The second kappa shape index (κ2) is 5.30. The lowest BCUT2D eigenvalue weighted by Crippen LogP contribution is -2.16. The van der Waals surface area contributed by atoms with E-state index in [2.05, 4.69) is 0 Å². The Morgan fingerprint density at radius 2 is 1.69 bits per heavy atom. The monoisotopic (exact) mass is 235 g/mol. The van der Waals surface area contributed by atoms with E-state index in [4.69, 9.17) is 5.73 Å². The fourth-order valence-corrected chi connectivity index (χ4v) is 1.35. The summed E-state index contributed by atoms with van der Waals surface area (Å²) >= 11 is 0. The molecule has 5 heteroatoms. The van der Waals surface area contributed by atoms with Crippen LogP contribution >= 0.6 is 0 Å². The number of aryl methyl sites for hydroxylation is 1. The quantitative estimate of drug-likeness (QED) is 0.797. The molecule has 2 N–H and O–H groups in total. The van der Waals surface area contributed by atoms with Crippen molar-refractivity contribution in [3.05, 3.63) is 35.4 Å². The van der Waals surface area contributed by atoms with Gasteiger partial charge in [0, 0.05) is 0 Å². The maximum absolute atomic E-state index is 12.9. The summed E-state index contributed by atoms with van der Waals surface area (Å²) < 4.78 is 49.0. The summed E-state index contributed by atoms with van der Waals surface area (Å²) in [6.45, 7) is 0.524. The molecule has 0 aliphatic heterocycles. The van der Waals surface area contributed by atoms with Gasteiger partial charge in [-0.3, -0.25) is 0 Å². The van der Waals surface area contributed by atoms with Gasteiger partial charge in [-0.05, 0) is 30.5 Å². The second-order valence-corrected chi connectivity index (χ2v) is 3.54. The lowest BCUT2D eigenvalue weighted by atomic mass is 10.0.